The van der Waals surface area contributed by atoms with Crippen LogP contribution >= 0.6 is 0 Å². The van der Waals surface area contributed by atoms with E-state index < -0.39 is 23.2 Å². The number of rotatable bonds is 3. The summed E-state index contributed by atoms with van der Waals surface area (Å²) in [6.07, 6.45) is 2.47. The molecule has 0 bridgehead atoms. The molecule has 2 aromatic carbocycles. The Kier molecular flexibility index (Phi) is 3.84. The lowest BCUT2D eigenvalue weighted by molar-refractivity contribution is -0.0862. The fraction of sp³-hybridized carbons (Fsp3) is 0.448. The number of aliphatic hydroxyl groups excluding tert-OH is 1. The van der Waals surface area contributed by atoms with Crippen molar-refractivity contribution in [2.24, 2.45) is 0 Å². The lowest BCUT2D eigenvalue weighted by Gasteiger charge is -2.49. The van der Waals surface area contributed by atoms with Crippen LogP contribution in [0.2, 0.25) is 0 Å². The number of fused-ring (bicyclic) bond motifs is 7. The van der Waals surface area contributed by atoms with Crippen LogP contribution in [0, 0.1) is 12.7 Å². The smallest absolute Gasteiger partial charge is 0.166 e. The van der Waals surface area contributed by atoms with E-state index in [0.717, 1.165) is 46.3 Å². The largest absolute Gasteiger partial charge is 0.493 e. The van der Waals surface area contributed by atoms with E-state index in [1.54, 1.807) is 13.2 Å². The zero-order valence-electron chi connectivity index (χ0n) is 20.4. The number of methoxy groups -OCH3 is 1. The molecule has 186 valence electrons. The zero-order chi connectivity index (χ0) is 24.7. The Hall–Kier alpha value is -2.87. The van der Waals surface area contributed by atoms with Crippen molar-refractivity contribution in [1.29, 1.82) is 0 Å². The maximum Gasteiger partial charge on any atom is 0.166 e. The lowest BCUT2D eigenvalue weighted by atomic mass is 9.58. The molecule has 3 aromatic rings. The van der Waals surface area contributed by atoms with E-state index in [1.165, 1.54) is 6.07 Å². The van der Waals surface area contributed by atoms with Crippen LogP contribution in [0.5, 0.6) is 11.5 Å². The first-order valence-electron chi connectivity index (χ1n) is 12.8. The highest BCUT2D eigenvalue weighted by Crippen LogP contribution is 2.73. The second-order valence-corrected chi connectivity index (χ2v) is 11.3. The van der Waals surface area contributed by atoms with Crippen LogP contribution in [0.15, 0.2) is 36.9 Å². The third kappa shape index (κ3) is 2.13. The van der Waals surface area contributed by atoms with Gasteiger partial charge in [0.2, 0.25) is 0 Å². The average Bonchev–Trinajstić information content (AvgIpc) is 3.13. The highest BCUT2D eigenvalue weighted by atomic mass is 19.1. The Bertz CT molecular complexity index is 1510. The molecular weight excluding hydrogens is 459 g/mol. The van der Waals surface area contributed by atoms with Gasteiger partial charge in [0, 0.05) is 42.1 Å². The fourth-order valence-electron chi connectivity index (χ4n) is 8.59. The number of aromatic nitrogens is 1. The number of piperidine rings is 1. The Balaban J connectivity index is 1.46. The normalized spacial score (nSPS) is 36.4. The van der Waals surface area contributed by atoms with Gasteiger partial charge < -0.3 is 24.3 Å². The van der Waals surface area contributed by atoms with Gasteiger partial charge in [-0.25, -0.2) is 4.39 Å². The summed E-state index contributed by atoms with van der Waals surface area (Å²) in [4.78, 5) is 2.32. The Morgan fingerprint density at radius 2 is 2.17 bits per heavy atom. The molecule has 1 spiro atoms. The van der Waals surface area contributed by atoms with Crippen molar-refractivity contribution < 1.29 is 24.1 Å². The van der Waals surface area contributed by atoms with Crippen molar-refractivity contribution in [2.75, 3.05) is 13.7 Å². The SMILES string of the molecule is C=CCN1C2C[C@]34c5c(C)ccc(OC)c5O[C@H]3c3c(c5cc(F)cc6c5n3CC[C@H]6O)C[C@@]4(O)[C@@H]21. The van der Waals surface area contributed by atoms with Crippen molar-refractivity contribution >= 4 is 10.9 Å². The minimum Gasteiger partial charge on any atom is -0.493 e. The fourth-order valence-corrected chi connectivity index (χ4v) is 8.59. The highest BCUT2D eigenvalue weighted by Gasteiger charge is 2.81. The van der Waals surface area contributed by atoms with Crippen molar-refractivity contribution in [2.45, 2.75) is 68.0 Å². The van der Waals surface area contributed by atoms with E-state index in [-0.39, 0.29) is 17.9 Å². The number of halogens is 1. The van der Waals surface area contributed by atoms with Gasteiger partial charge in [-0.1, -0.05) is 12.1 Å². The molecule has 6 nitrogen and oxygen atoms in total. The minimum atomic E-state index is -1.10. The van der Waals surface area contributed by atoms with Crippen molar-refractivity contribution in [3.63, 3.8) is 0 Å². The van der Waals surface area contributed by atoms with Crippen molar-refractivity contribution in [1.82, 2.24) is 9.47 Å². The van der Waals surface area contributed by atoms with Gasteiger partial charge in [0.15, 0.2) is 17.6 Å². The summed E-state index contributed by atoms with van der Waals surface area (Å²) in [5.74, 6) is 1.02. The van der Waals surface area contributed by atoms with Crippen LogP contribution in [0.3, 0.4) is 0 Å². The van der Waals surface area contributed by atoms with E-state index in [2.05, 4.69) is 29.0 Å². The van der Waals surface area contributed by atoms with Gasteiger partial charge in [0.1, 0.15) is 5.82 Å². The number of aliphatic hydroxyl groups is 2. The first-order valence-corrected chi connectivity index (χ1v) is 12.8. The zero-order valence-corrected chi connectivity index (χ0v) is 20.4. The molecule has 7 heteroatoms. The molecule has 5 aliphatic rings. The topological polar surface area (TPSA) is 66.9 Å². The number of aryl methyl sites for hydroxylation is 2. The minimum absolute atomic E-state index is 0.0200. The van der Waals surface area contributed by atoms with Crippen LogP contribution in [-0.4, -0.2) is 51.0 Å². The van der Waals surface area contributed by atoms with Crippen molar-refractivity contribution in [3.8, 4) is 11.5 Å². The molecule has 1 saturated heterocycles. The Labute approximate surface area is 208 Å². The van der Waals surface area contributed by atoms with Crippen LogP contribution in [0.1, 0.15) is 53.0 Å². The van der Waals surface area contributed by atoms with Gasteiger partial charge >= 0.3 is 0 Å². The monoisotopic (exact) mass is 488 g/mol. The van der Waals surface area contributed by atoms with E-state index >= 15 is 0 Å². The maximum absolute atomic E-state index is 14.9. The molecule has 2 unspecified atom stereocenters. The summed E-state index contributed by atoms with van der Waals surface area (Å²) in [6, 6.07) is 7.23. The number of likely N-dealkylation sites (tertiary alicyclic amines) is 1. The second-order valence-electron chi connectivity index (χ2n) is 11.3. The molecule has 4 heterocycles. The third-order valence-electron chi connectivity index (χ3n) is 9.85. The van der Waals surface area contributed by atoms with Gasteiger partial charge in [0.05, 0.1) is 41.5 Å². The number of nitrogens with zero attached hydrogens (tertiary/aromatic N) is 2. The molecule has 2 fully saturated rings. The summed E-state index contributed by atoms with van der Waals surface area (Å²) in [5, 5.41) is 24.4. The molecule has 8 rings (SSSR count). The average molecular weight is 489 g/mol. The molecule has 2 N–H and O–H groups in total. The van der Waals surface area contributed by atoms with Gasteiger partial charge in [-0.3, -0.25) is 4.90 Å². The summed E-state index contributed by atoms with van der Waals surface area (Å²) in [7, 11) is 1.65. The number of ether oxygens (including phenoxy) is 2. The lowest BCUT2D eigenvalue weighted by Crippen LogP contribution is -2.60. The molecule has 1 aromatic heterocycles. The Morgan fingerprint density at radius 1 is 1.33 bits per heavy atom. The summed E-state index contributed by atoms with van der Waals surface area (Å²) in [5.41, 5.74) is 3.86. The first-order chi connectivity index (χ1) is 17.4. The first kappa shape index (κ1) is 21.2. The molecule has 0 radical (unpaired) electrons. The van der Waals surface area contributed by atoms with Crippen LogP contribution in [0.25, 0.3) is 10.9 Å². The number of benzene rings is 2. The molecule has 7 atom stereocenters. The van der Waals surface area contributed by atoms with Gasteiger partial charge in [0.25, 0.3) is 0 Å². The molecule has 2 aliphatic carbocycles. The van der Waals surface area contributed by atoms with Crippen molar-refractivity contribution in [3.05, 3.63) is 70.7 Å². The van der Waals surface area contributed by atoms with Crippen LogP contribution in [0.4, 0.5) is 4.39 Å². The number of hydrogen-bond acceptors (Lipinski definition) is 5. The van der Waals surface area contributed by atoms with Gasteiger partial charge in [-0.2, -0.15) is 0 Å². The highest BCUT2D eigenvalue weighted by molar-refractivity contribution is 5.90. The standard InChI is InChI=1S/C29H29FN2O4/c1-4-8-31-19-13-28-22-14(2)5-6-21(35-3)25(22)36-27(28)24-18(12-29(28,34)26(19)31)16-10-15(30)11-17-20(33)7-9-32(24)23(16)17/h4-6,10-11,19-20,26-27,33-34H,1,7-9,12-13H2,2-3H3/t19?,20-,26-,27+,28+,29-,31?/m1/s1. The summed E-state index contributed by atoms with van der Waals surface area (Å²) < 4.78 is 29.7. The Morgan fingerprint density at radius 3 is 2.94 bits per heavy atom. The quantitative estimate of drug-likeness (QED) is 0.433. The van der Waals surface area contributed by atoms with Gasteiger partial charge in [-0.05, 0) is 49.1 Å². The maximum atomic E-state index is 14.9. The van der Waals surface area contributed by atoms with E-state index in [4.69, 9.17) is 9.47 Å². The number of hydrogen-bond donors (Lipinski definition) is 2. The molecule has 1 saturated carbocycles. The molecule has 0 amide bonds. The summed E-state index contributed by atoms with van der Waals surface area (Å²) >= 11 is 0. The summed E-state index contributed by atoms with van der Waals surface area (Å²) in [6.45, 7) is 7.36. The van der Waals surface area contributed by atoms with E-state index in [9.17, 15) is 14.6 Å². The second kappa shape index (κ2) is 6.52. The predicted octanol–water partition coefficient (Wildman–Crippen LogP) is 3.84. The van der Waals surface area contributed by atoms with Crippen LogP contribution in [-0.2, 0) is 18.4 Å². The molecule has 3 aliphatic heterocycles. The molecular formula is C29H29FN2O4. The van der Waals surface area contributed by atoms with Gasteiger partial charge in [-0.15, -0.1) is 6.58 Å². The predicted molar refractivity (Wildman–Crippen MR) is 132 cm³/mol. The van der Waals surface area contributed by atoms with E-state index in [0.29, 0.717) is 36.4 Å². The van der Waals surface area contributed by atoms with E-state index in [1.807, 2.05) is 12.1 Å². The third-order valence-corrected chi connectivity index (χ3v) is 9.85. The molecule has 36 heavy (non-hydrogen) atoms. The van der Waals surface area contributed by atoms with Crippen LogP contribution < -0.4 is 9.47 Å².